The summed E-state index contributed by atoms with van der Waals surface area (Å²) >= 11 is 0. The van der Waals surface area contributed by atoms with Crippen molar-refractivity contribution in [1.29, 1.82) is 0 Å². The van der Waals surface area contributed by atoms with E-state index in [4.69, 9.17) is 9.47 Å². The predicted molar refractivity (Wildman–Crippen MR) is 161 cm³/mol. The Hall–Kier alpha value is -5.90. The van der Waals surface area contributed by atoms with Gasteiger partial charge in [0.2, 0.25) is 0 Å². The first-order valence-corrected chi connectivity index (χ1v) is 13.8. The first-order valence-electron chi connectivity index (χ1n) is 13.8. The SMILES string of the molecule is CCOC(O)=Nc1ccc2c(c1-c1c(N=C(O)OCC)ccc3c1C(=O)c1ccccc1C3=O)C(=O)c1ccccc1C2=O. The van der Waals surface area contributed by atoms with Gasteiger partial charge >= 0.3 is 12.2 Å². The number of ketones is 4. The van der Waals surface area contributed by atoms with E-state index in [1.807, 2.05) is 0 Å². The van der Waals surface area contributed by atoms with Crippen LogP contribution in [0.25, 0.3) is 11.1 Å². The Morgan fingerprint density at radius 2 is 0.841 bits per heavy atom. The molecule has 0 saturated heterocycles. The maximum atomic E-state index is 14.2. The van der Waals surface area contributed by atoms with Crippen LogP contribution in [-0.2, 0) is 9.47 Å². The summed E-state index contributed by atoms with van der Waals surface area (Å²) in [4.78, 5) is 64.2. The highest BCUT2D eigenvalue weighted by molar-refractivity contribution is 6.34. The first kappa shape index (κ1) is 28.2. The molecule has 0 heterocycles. The van der Waals surface area contributed by atoms with Gasteiger partial charge in [0.25, 0.3) is 0 Å². The van der Waals surface area contributed by atoms with Crippen LogP contribution in [0.2, 0.25) is 0 Å². The molecule has 218 valence electrons. The van der Waals surface area contributed by atoms with Crippen molar-refractivity contribution in [3.63, 3.8) is 0 Å². The highest BCUT2D eigenvalue weighted by atomic mass is 16.6. The molecule has 44 heavy (non-hydrogen) atoms. The Morgan fingerprint density at radius 1 is 0.500 bits per heavy atom. The Kier molecular flexibility index (Phi) is 7.10. The van der Waals surface area contributed by atoms with E-state index in [0.717, 1.165) is 0 Å². The van der Waals surface area contributed by atoms with Gasteiger partial charge in [-0.25, -0.2) is 0 Å². The van der Waals surface area contributed by atoms with E-state index in [-0.39, 0.29) is 80.2 Å². The van der Waals surface area contributed by atoms with Crippen molar-refractivity contribution in [3.8, 4) is 11.1 Å². The number of ether oxygens (including phenoxy) is 2. The summed E-state index contributed by atoms with van der Waals surface area (Å²) < 4.78 is 10.3. The van der Waals surface area contributed by atoms with E-state index in [1.165, 1.54) is 36.4 Å². The van der Waals surface area contributed by atoms with Crippen LogP contribution in [0.15, 0.2) is 82.8 Å². The topological polar surface area (TPSA) is 152 Å². The maximum absolute atomic E-state index is 14.2. The Balaban J connectivity index is 1.78. The van der Waals surface area contributed by atoms with Crippen LogP contribution in [-0.4, -0.2) is 58.7 Å². The van der Waals surface area contributed by atoms with Gasteiger partial charge in [0.05, 0.1) is 24.6 Å². The van der Waals surface area contributed by atoms with E-state index in [2.05, 4.69) is 9.98 Å². The third kappa shape index (κ3) is 4.44. The largest absolute Gasteiger partial charge is 0.466 e. The fourth-order valence-electron chi connectivity index (χ4n) is 5.57. The quantitative estimate of drug-likeness (QED) is 0.182. The number of nitrogens with zero attached hydrogens (tertiary/aromatic N) is 2. The minimum absolute atomic E-state index is 0.0232. The summed E-state index contributed by atoms with van der Waals surface area (Å²) in [7, 11) is 0. The van der Waals surface area contributed by atoms with Gasteiger partial charge in [-0.3, -0.25) is 19.2 Å². The zero-order chi connectivity index (χ0) is 31.1. The van der Waals surface area contributed by atoms with E-state index in [0.29, 0.717) is 0 Å². The second-order valence-electron chi connectivity index (χ2n) is 9.83. The van der Waals surface area contributed by atoms with E-state index in [9.17, 15) is 29.4 Å². The fourth-order valence-corrected chi connectivity index (χ4v) is 5.57. The van der Waals surface area contributed by atoms with Crippen molar-refractivity contribution in [2.75, 3.05) is 13.2 Å². The zero-order valence-corrected chi connectivity index (χ0v) is 23.6. The number of carbonyl (C=O) groups excluding carboxylic acids is 4. The van der Waals surface area contributed by atoms with Crippen molar-refractivity contribution in [2.24, 2.45) is 9.98 Å². The second-order valence-corrected chi connectivity index (χ2v) is 9.83. The lowest BCUT2D eigenvalue weighted by atomic mass is 9.75. The minimum atomic E-state index is -0.733. The summed E-state index contributed by atoms with van der Waals surface area (Å²) in [6.07, 6.45) is -1.47. The number of hydrogen-bond acceptors (Lipinski definition) is 8. The van der Waals surface area contributed by atoms with Crippen molar-refractivity contribution in [1.82, 2.24) is 0 Å². The number of hydrogen-bond donors (Lipinski definition) is 2. The number of aliphatic hydroxyl groups is 2. The molecule has 4 aromatic rings. The summed E-state index contributed by atoms with van der Waals surface area (Å²) in [5.74, 6) is -1.98. The van der Waals surface area contributed by atoms with Crippen molar-refractivity contribution < 1.29 is 38.9 Å². The Morgan fingerprint density at radius 3 is 1.18 bits per heavy atom. The van der Waals surface area contributed by atoms with Crippen molar-refractivity contribution in [2.45, 2.75) is 13.8 Å². The average Bonchev–Trinajstić information content (AvgIpc) is 3.02. The average molecular weight is 589 g/mol. The first-order chi connectivity index (χ1) is 21.3. The molecular weight excluding hydrogens is 564 g/mol. The Labute approximate surface area is 250 Å². The molecule has 0 aliphatic heterocycles. The molecule has 0 aromatic heterocycles. The summed E-state index contributed by atoms with van der Waals surface area (Å²) in [6.45, 7) is 3.42. The summed E-state index contributed by atoms with van der Waals surface area (Å²) in [5.41, 5.74) is 0.277. The molecule has 2 aliphatic rings. The molecule has 0 fully saturated rings. The molecule has 10 heteroatoms. The molecule has 0 bridgehead atoms. The minimum Gasteiger partial charge on any atom is -0.466 e. The molecule has 0 unspecified atom stereocenters. The lowest BCUT2D eigenvalue weighted by molar-refractivity contribution is 0.0978. The van der Waals surface area contributed by atoms with Gasteiger partial charge in [-0.05, 0) is 38.1 Å². The van der Waals surface area contributed by atoms with E-state index < -0.39 is 35.3 Å². The molecular formula is C34H24N2O8. The van der Waals surface area contributed by atoms with Gasteiger partial charge in [0.1, 0.15) is 0 Å². The predicted octanol–water partition coefficient (Wildman–Crippen LogP) is 6.07. The van der Waals surface area contributed by atoms with Gasteiger partial charge in [-0.1, -0.05) is 48.5 Å². The number of fused-ring (bicyclic) bond motifs is 4. The molecule has 0 atom stereocenters. The van der Waals surface area contributed by atoms with E-state index >= 15 is 0 Å². The molecule has 0 spiro atoms. The van der Waals surface area contributed by atoms with Gasteiger partial charge in [-0.15, -0.1) is 0 Å². The van der Waals surface area contributed by atoms with Crippen LogP contribution in [0, 0.1) is 0 Å². The van der Waals surface area contributed by atoms with Crippen molar-refractivity contribution >= 4 is 46.7 Å². The molecule has 10 nitrogen and oxygen atoms in total. The number of aliphatic imine (C=N–C) groups is 2. The van der Waals surface area contributed by atoms with Gasteiger partial charge < -0.3 is 19.7 Å². The van der Waals surface area contributed by atoms with Gasteiger partial charge in [0.15, 0.2) is 23.1 Å². The second kappa shape index (κ2) is 11.1. The van der Waals surface area contributed by atoms with E-state index in [1.54, 1.807) is 50.2 Å². The normalized spacial score (nSPS) is 14.0. The van der Waals surface area contributed by atoms with Crippen LogP contribution in [0.5, 0.6) is 0 Å². The molecule has 6 rings (SSSR count). The van der Waals surface area contributed by atoms with Crippen molar-refractivity contribution in [3.05, 3.63) is 117 Å². The Bertz CT molecular complexity index is 1850. The number of rotatable bonds is 5. The molecule has 0 saturated carbocycles. The molecule has 0 amide bonds. The highest BCUT2D eigenvalue weighted by Crippen LogP contribution is 2.48. The monoisotopic (exact) mass is 588 g/mol. The highest BCUT2D eigenvalue weighted by Gasteiger charge is 2.38. The third-order valence-electron chi connectivity index (χ3n) is 7.37. The zero-order valence-electron chi connectivity index (χ0n) is 23.6. The number of benzene rings is 4. The fraction of sp³-hybridized carbons (Fsp3) is 0.118. The standard InChI is InChI=1S/C34H24N2O8/c1-3-43-33(41)35-23-15-13-21-25(31(39)19-11-7-5-9-17(19)29(21)37)27(23)28-24(36-34(42)44-4-2)16-14-22-26(28)32(40)20-12-8-6-10-18(20)30(22)38/h5-16H,3-4H2,1-2H3,(H,35,41)(H,36,42). The summed E-state index contributed by atoms with van der Waals surface area (Å²) in [5, 5.41) is 20.9. The van der Waals surface area contributed by atoms with Crippen LogP contribution >= 0.6 is 0 Å². The van der Waals surface area contributed by atoms with Crippen LogP contribution in [0.3, 0.4) is 0 Å². The maximum Gasteiger partial charge on any atom is 0.386 e. The van der Waals surface area contributed by atoms with Crippen LogP contribution < -0.4 is 0 Å². The number of carbonyl (C=O) groups is 4. The van der Waals surface area contributed by atoms with Gasteiger partial charge in [0, 0.05) is 55.6 Å². The van der Waals surface area contributed by atoms with Crippen LogP contribution in [0.1, 0.15) is 77.5 Å². The lowest BCUT2D eigenvalue weighted by Crippen LogP contribution is -2.24. The molecule has 2 aliphatic carbocycles. The molecule has 2 N–H and O–H groups in total. The molecule has 0 radical (unpaired) electrons. The smallest absolute Gasteiger partial charge is 0.386 e. The van der Waals surface area contributed by atoms with Crippen LogP contribution in [0.4, 0.5) is 11.4 Å². The molecule has 4 aromatic carbocycles. The number of aliphatic hydroxyl groups excluding tert-OH is 2. The lowest BCUT2D eigenvalue weighted by Gasteiger charge is -2.26. The van der Waals surface area contributed by atoms with Gasteiger partial charge in [-0.2, -0.15) is 9.98 Å². The summed E-state index contributed by atoms with van der Waals surface area (Å²) in [6, 6.07) is 18.3. The third-order valence-corrected chi connectivity index (χ3v) is 7.37.